The number of likely N-dealkylation sites (tertiary alicyclic amines) is 1. The first-order valence-corrected chi connectivity index (χ1v) is 6.43. The number of carboxylic acid groups (broad SMARTS) is 1. The van der Waals surface area contributed by atoms with Gasteiger partial charge in [0.05, 0.1) is 6.42 Å². The zero-order valence-corrected chi connectivity index (χ0v) is 9.18. The zero-order valence-electron chi connectivity index (χ0n) is 8.37. The lowest BCUT2D eigenvalue weighted by atomic mass is 9.93. The normalized spacial score (nSPS) is 26.9. The van der Waals surface area contributed by atoms with Crippen molar-refractivity contribution in [1.82, 2.24) is 4.90 Å². The summed E-state index contributed by atoms with van der Waals surface area (Å²) >= 11 is 1.87. The van der Waals surface area contributed by atoms with Crippen LogP contribution < -0.4 is 0 Å². The fourth-order valence-corrected chi connectivity index (χ4v) is 3.63. The summed E-state index contributed by atoms with van der Waals surface area (Å²) in [6.07, 6.45) is 4.13. The largest absolute Gasteiger partial charge is 0.481 e. The Kier molecular flexibility index (Phi) is 3.02. The summed E-state index contributed by atoms with van der Waals surface area (Å²) in [4.78, 5) is 13.2. The molecule has 0 amide bonds. The Morgan fingerprint density at radius 3 is 2.36 bits per heavy atom. The number of nitrogens with zero attached hydrogens (tertiary/aromatic N) is 1. The van der Waals surface area contributed by atoms with Gasteiger partial charge >= 0.3 is 5.97 Å². The molecule has 0 aromatic heterocycles. The third-order valence-corrected chi connectivity index (χ3v) is 4.73. The number of carbonyl (C=O) groups is 1. The number of carboxylic acids is 1. The highest BCUT2D eigenvalue weighted by Gasteiger charge is 2.44. The van der Waals surface area contributed by atoms with Crippen molar-refractivity contribution in [3.63, 3.8) is 0 Å². The van der Waals surface area contributed by atoms with Gasteiger partial charge in [0.25, 0.3) is 0 Å². The Labute approximate surface area is 88.9 Å². The molecule has 0 aliphatic carbocycles. The molecule has 0 atom stereocenters. The molecule has 0 bridgehead atoms. The van der Waals surface area contributed by atoms with Crippen molar-refractivity contribution in [2.75, 3.05) is 24.6 Å². The zero-order chi connectivity index (χ0) is 10.0. The van der Waals surface area contributed by atoms with E-state index in [9.17, 15) is 4.79 Å². The molecule has 3 nitrogen and oxygen atoms in total. The van der Waals surface area contributed by atoms with Gasteiger partial charge in [-0.15, -0.1) is 0 Å². The molecule has 0 saturated carbocycles. The summed E-state index contributed by atoms with van der Waals surface area (Å²) in [7, 11) is 0. The molecule has 2 aliphatic rings. The molecule has 0 aromatic rings. The van der Waals surface area contributed by atoms with Crippen LogP contribution in [0.15, 0.2) is 0 Å². The van der Waals surface area contributed by atoms with E-state index < -0.39 is 5.97 Å². The lowest BCUT2D eigenvalue weighted by molar-refractivity contribution is -0.140. The average molecular weight is 215 g/mol. The van der Waals surface area contributed by atoms with Crippen LogP contribution in [0.3, 0.4) is 0 Å². The van der Waals surface area contributed by atoms with Crippen LogP contribution in [0.4, 0.5) is 0 Å². The number of hydrogen-bond acceptors (Lipinski definition) is 3. The standard InChI is InChI=1S/C10H17NO2S/c12-9(13)6-10(7-14-8-10)11-4-2-1-3-5-11/h1-8H2,(H,12,13). The predicted octanol–water partition coefficient (Wildman–Crippen LogP) is 1.43. The highest BCUT2D eigenvalue weighted by Crippen LogP contribution is 2.39. The second-order valence-corrected chi connectivity index (χ2v) is 5.32. The first kappa shape index (κ1) is 10.3. The van der Waals surface area contributed by atoms with Crippen LogP contribution in [-0.2, 0) is 4.79 Å². The molecule has 80 valence electrons. The third-order valence-electron chi connectivity index (χ3n) is 3.25. The van der Waals surface area contributed by atoms with Gasteiger partial charge in [0, 0.05) is 17.0 Å². The van der Waals surface area contributed by atoms with Crippen molar-refractivity contribution in [3.8, 4) is 0 Å². The smallest absolute Gasteiger partial charge is 0.305 e. The van der Waals surface area contributed by atoms with Crippen LogP contribution in [-0.4, -0.2) is 46.1 Å². The predicted molar refractivity (Wildman–Crippen MR) is 57.7 cm³/mol. The lowest BCUT2D eigenvalue weighted by Gasteiger charge is -2.50. The molecule has 14 heavy (non-hydrogen) atoms. The first-order chi connectivity index (χ1) is 6.73. The summed E-state index contributed by atoms with van der Waals surface area (Å²) in [6, 6.07) is 0. The van der Waals surface area contributed by atoms with Gasteiger partial charge < -0.3 is 5.11 Å². The Hall–Kier alpha value is -0.220. The molecule has 0 radical (unpaired) electrons. The van der Waals surface area contributed by atoms with Crippen LogP contribution >= 0.6 is 11.8 Å². The molecule has 2 aliphatic heterocycles. The minimum Gasteiger partial charge on any atom is -0.481 e. The number of piperidine rings is 1. The van der Waals surface area contributed by atoms with Crippen molar-refractivity contribution in [2.24, 2.45) is 0 Å². The van der Waals surface area contributed by atoms with Crippen molar-refractivity contribution in [1.29, 1.82) is 0 Å². The molecule has 2 saturated heterocycles. The fourth-order valence-electron chi connectivity index (χ4n) is 2.38. The van der Waals surface area contributed by atoms with Gasteiger partial charge in [-0.1, -0.05) is 6.42 Å². The van der Waals surface area contributed by atoms with Crippen molar-refractivity contribution < 1.29 is 9.90 Å². The van der Waals surface area contributed by atoms with E-state index in [1.807, 2.05) is 11.8 Å². The summed E-state index contributed by atoms with van der Waals surface area (Å²) in [5.41, 5.74) is 0.0108. The monoisotopic (exact) mass is 215 g/mol. The van der Waals surface area contributed by atoms with Crippen LogP contribution in [0.2, 0.25) is 0 Å². The van der Waals surface area contributed by atoms with Crippen molar-refractivity contribution in [3.05, 3.63) is 0 Å². The molecular weight excluding hydrogens is 198 g/mol. The van der Waals surface area contributed by atoms with Crippen LogP contribution in [0.1, 0.15) is 25.7 Å². The lowest BCUT2D eigenvalue weighted by Crippen LogP contribution is -2.60. The number of thioether (sulfide) groups is 1. The van der Waals surface area contributed by atoms with E-state index in [1.165, 1.54) is 19.3 Å². The number of hydrogen-bond donors (Lipinski definition) is 1. The summed E-state index contributed by atoms with van der Waals surface area (Å²) in [5, 5.41) is 8.91. The van der Waals surface area contributed by atoms with Crippen LogP contribution in [0.25, 0.3) is 0 Å². The summed E-state index contributed by atoms with van der Waals surface area (Å²) in [6.45, 7) is 2.21. The minimum absolute atomic E-state index is 0.0108. The van der Waals surface area contributed by atoms with E-state index in [1.54, 1.807) is 0 Å². The van der Waals surface area contributed by atoms with Crippen molar-refractivity contribution >= 4 is 17.7 Å². The van der Waals surface area contributed by atoms with Crippen molar-refractivity contribution in [2.45, 2.75) is 31.2 Å². The molecule has 0 spiro atoms. The van der Waals surface area contributed by atoms with E-state index in [0.717, 1.165) is 24.6 Å². The molecule has 0 unspecified atom stereocenters. The average Bonchev–Trinajstić information content (AvgIpc) is 2.12. The third kappa shape index (κ3) is 1.91. The fraction of sp³-hybridized carbons (Fsp3) is 0.900. The number of aliphatic carboxylic acids is 1. The maximum atomic E-state index is 10.8. The number of rotatable bonds is 3. The maximum absolute atomic E-state index is 10.8. The second kappa shape index (κ2) is 4.11. The van der Waals surface area contributed by atoms with E-state index in [4.69, 9.17) is 5.11 Å². The van der Waals surface area contributed by atoms with Gasteiger partial charge in [0.15, 0.2) is 0 Å². The Balaban J connectivity index is 1.99. The summed E-state index contributed by atoms with van der Waals surface area (Å²) in [5.74, 6) is 1.38. The van der Waals surface area contributed by atoms with Gasteiger partial charge in [-0.05, 0) is 25.9 Å². The van der Waals surface area contributed by atoms with E-state index in [2.05, 4.69) is 4.90 Å². The maximum Gasteiger partial charge on any atom is 0.305 e. The van der Waals surface area contributed by atoms with E-state index in [0.29, 0.717) is 6.42 Å². The van der Waals surface area contributed by atoms with Crippen LogP contribution in [0.5, 0.6) is 0 Å². The van der Waals surface area contributed by atoms with E-state index >= 15 is 0 Å². The Morgan fingerprint density at radius 2 is 1.93 bits per heavy atom. The second-order valence-electron chi connectivity index (χ2n) is 4.34. The van der Waals surface area contributed by atoms with Gasteiger partial charge in [0.2, 0.25) is 0 Å². The molecule has 0 aromatic carbocycles. The SMILES string of the molecule is O=C(O)CC1(N2CCCCC2)CSC1. The highest BCUT2D eigenvalue weighted by molar-refractivity contribution is 8.00. The van der Waals surface area contributed by atoms with Gasteiger partial charge in [0.1, 0.15) is 0 Å². The van der Waals surface area contributed by atoms with E-state index in [-0.39, 0.29) is 5.54 Å². The molecular formula is C10H17NO2S. The molecule has 2 rings (SSSR count). The molecule has 4 heteroatoms. The molecule has 1 N–H and O–H groups in total. The Morgan fingerprint density at radius 1 is 1.29 bits per heavy atom. The van der Waals surface area contributed by atoms with Gasteiger partial charge in [-0.2, -0.15) is 11.8 Å². The van der Waals surface area contributed by atoms with Gasteiger partial charge in [-0.3, -0.25) is 9.69 Å². The van der Waals surface area contributed by atoms with Gasteiger partial charge in [-0.25, -0.2) is 0 Å². The molecule has 2 heterocycles. The topological polar surface area (TPSA) is 40.5 Å². The summed E-state index contributed by atoms with van der Waals surface area (Å²) < 4.78 is 0. The molecule has 2 fully saturated rings. The minimum atomic E-state index is -0.643. The first-order valence-electron chi connectivity index (χ1n) is 5.28. The highest BCUT2D eigenvalue weighted by atomic mass is 32.2. The quantitative estimate of drug-likeness (QED) is 0.773. The van der Waals surface area contributed by atoms with Crippen LogP contribution in [0, 0.1) is 0 Å². The Bertz CT molecular complexity index is 222.